The molecule has 2 amide bonds. The molecular formula is C22H27N3O4S. The lowest BCUT2D eigenvalue weighted by molar-refractivity contribution is -0.131. The van der Waals surface area contributed by atoms with Crippen molar-refractivity contribution in [2.45, 2.75) is 31.1 Å². The zero-order valence-electron chi connectivity index (χ0n) is 17.2. The van der Waals surface area contributed by atoms with Crippen LogP contribution < -0.4 is 5.14 Å². The molecule has 1 aliphatic rings. The third-order valence-electron chi connectivity index (χ3n) is 5.35. The number of nitrogens with two attached hydrogens (primary N) is 1. The first kappa shape index (κ1) is 22.0. The van der Waals surface area contributed by atoms with Crippen LogP contribution in [-0.2, 0) is 21.2 Å². The lowest BCUT2D eigenvalue weighted by Gasteiger charge is -2.35. The third-order valence-corrected chi connectivity index (χ3v) is 6.28. The number of rotatable bonds is 5. The van der Waals surface area contributed by atoms with Gasteiger partial charge < -0.3 is 9.80 Å². The molecule has 0 atom stereocenters. The fraction of sp³-hybridized carbons (Fsp3) is 0.364. The summed E-state index contributed by atoms with van der Waals surface area (Å²) in [7, 11) is -3.75. The molecule has 1 aliphatic heterocycles. The van der Waals surface area contributed by atoms with Gasteiger partial charge in [-0.3, -0.25) is 9.59 Å². The van der Waals surface area contributed by atoms with Crippen molar-refractivity contribution in [2.75, 3.05) is 26.2 Å². The standard InChI is InChI=1S/C22H27N3O4S/c1-16(2)18-5-7-19(8-6-18)22(27)25-13-11-24(12-14-25)21(26)15-17-3-9-20(10-4-17)30(23,28)29/h3-10,16H,11-15H2,1-2H3,(H2,23,28,29). The van der Waals surface area contributed by atoms with Crippen molar-refractivity contribution in [2.24, 2.45) is 5.14 Å². The minimum atomic E-state index is -3.75. The number of primary sulfonamides is 1. The Morgan fingerprint density at radius 2 is 1.43 bits per heavy atom. The molecule has 1 heterocycles. The van der Waals surface area contributed by atoms with Gasteiger partial charge in [-0.15, -0.1) is 0 Å². The van der Waals surface area contributed by atoms with Crippen LogP contribution in [0.1, 0.15) is 41.3 Å². The molecule has 3 rings (SSSR count). The molecule has 7 nitrogen and oxygen atoms in total. The van der Waals surface area contributed by atoms with Crippen LogP contribution in [-0.4, -0.2) is 56.2 Å². The highest BCUT2D eigenvalue weighted by atomic mass is 32.2. The molecule has 2 aromatic carbocycles. The summed E-state index contributed by atoms with van der Waals surface area (Å²) in [6, 6.07) is 13.7. The van der Waals surface area contributed by atoms with Gasteiger partial charge in [-0.25, -0.2) is 13.6 Å². The van der Waals surface area contributed by atoms with Crippen LogP contribution >= 0.6 is 0 Å². The van der Waals surface area contributed by atoms with Gasteiger partial charge in [0.1, 0.15) is 0 Å². The van der Waals surface area contributed by atoms with Crippen LogP contribution in [0.4, 0.5) is 0 Å². The summed E-state index contributed by atoms with van der Waals surface area (Å²) >= 11 is 0. The number of nitrogens with zero attached hydrogens (tertiary/aromatic N) is 2. The normalized spacial score (nSPS) is 14.8. The number of piperazine rings is 1. The van der Waals surface area contributed by atoms with Crippen LogP contribution in [0.15, 0.2) is 53.4 Å². The van der Waals surface area contributed by atoms with Crippen LogP contribution in [0.25, 0.3) is 0 Å². The van der Waals surface area contributed by atoms with Gasteiger partial charge in [-0.2, -0.15) is 0 Å². The average Bonchev–Trinajstić information content (AvgIpc) is 2.73. The summed E-state index contributed by atoms with van der Waals surface area (Å²) in [4.78, 5) is 28.8. The monoisotopic (exact) mass is 429 g/mol. The summed E-state index contributed by atoms with van der Waals surface area (Å²) in [6.45, 7) is 6.15. The fourth-order valence-corrected chi connectivity index (χ4v) is 3.95. The zero-order chi connectivity index (χ0) is 21.9. The van der Waals surface area contributed by atoms with Crippen molar-refractivity contribution in [3.63, 3.8) is 0 Å². The van der Waals surface area contributed by atoms with Crippen LogP contribution in [0.2, 0.25) is 0 Å². The Labute approximate surface area is 177 Å². The number of carbonyl (C=O) groups excluding carboxylic acids is 2. The Kier molecular flexibility index (Phi) is 6.58. The molecule has 160 valence electrons. The molecule has 1 saturated heterocycles. The summed E-state index contributed by atoms with van der Waals surface area (Å²) in [6.07, 6.45) is 0.176. The van der Waals surface area contributed by atoms with Gasteiger partial charge in [0.15, 0.2) is 0 Å². The molecule has 0 spiro atoms. The molecule has 0 unspecified atom stereocenters. The summed E-state index contributed by atoms with van der Waals surface area (Å²) in [5.41, 5.74) is 2.57. The van der Waals surface area contributed by atoms with E-state index in [0.29, 0.717) is 37.7 Å². The number of hydrogen-bond donors (Lipinski definition) is 1. The van der Waals surface area contributed by atoms with Gasteiger partial charge in [-0.1, -0.05) is 38.1 Å². The molecule has 30 heavy (non-hydrogen) atoms. The van der Waals surface area contributed by atoms with Crippen molar-refractivity contribution in [1.82, 2.24) is 9.80 Å². The Morgan fingerprint density at radius 1 is 0.900 bits per heavy atom. The van der Waals surface area contributed by atoms with Crippen LogP contribution in [0, 0.1) is 0 Å². The van der Waals surface area contributed by atoms with Crippen molar-refractivity contribution < 1.29 is 18.0 Å². The predicted molar refractivity (Wildman–Crippen MR) is 115 cm³/mol. The minimum Gasteiger partial charge on any atom is -0.339 e. The van der Waals surface area contributed by atoms with E-state index in [-0.39, 0.29) is 23.1 Å². The van der Waals surface area contributed by atoms with Gasteiger partial charge in [-0.05, 0) is 41.3 Å². The second-order valence-corrected chi connectivity index (χ2v) is 9.38. The summed E-state index contributed by atoms with van der Waals surface area (Å²) in [5.74, 6) is 0.349. The maximum Gasteiger partial charge on any atom is 0.253 e. The third kappa shape index (κ3) is 5.25. The van der Waals surface area contributed by atoms with E-state index >= 15 is 0 Å². The maximum absolute atomic E-state index is 12.7. The van der Waals surface area contributed by atoms with Gasteiger partial charge in [0, 0.05) is 31.7 Å². The number of amides is 2. The Hall–Kier alpha value is -2.71. The van der Waals surface area contributed by atoms with Crippen molar-refractivity contribution in [3.05, 3.63) is 65.2 Å². The first-order valence-corrected chi connectivity index (χ1v) is 11.5. The lowest BCUT2D eigenvalue weighted by atomic mass is 10.0. The first-order valence-electron chi connectivity index (χ1n) is 9.94. The summed E-state index contributed by atoms with van der Waals surface area (Å²) < 4.78 is 22.6. The van der Waals surface area contributed by atoms with E-state index in [4.69, 9.17) is 5.14 Å². The van der Waals surface area contributed by atoms with Crippen molar-refractivity contribution >= 4 is 21.8 Å². The van der Waals surface area contributed by atoms with E-state index in [1.54, 1.807) is 21.9 Å². The van der Waals surface area contributed by atoms with Crippen LogP contribution in [0.5, 0.6) is 0 Å². The smallest absolute Gasteiger partial charge is 0.253 e. The lowest BCUT2D eigenvalue weighted by Crippen LogP contribution is -2.51. The van der Waals surface area contributed by atoms with E-state index in [1.165, 1.54) is 17.7 Å². The van der Waals surface area contributed by atoms with E-state index in [9.17, 15) is 18.0 Å². The van der Waals surface area contributed by atoms with E-state index < -0.39 is 10.0 Å². The number of hydrogen-bond acceptors (Lipinski definition) is 4. The average molecular weight is 430 g/mol. The van der Waals surface area contributed by atoms with E-state index in [0.717, 1.165) is 5.56 Å². The van der Waals surface area contributed by atoms with Crippen molar-refractivity contribution in [1.29, 1.82) is 0 Å². The Bertz CT molecular complexity index is 1010. The molecule has 0 radical (unpaired) electrons. The number of carbonyl (C=O) groups is 2. The quantitative estimate of drug-likeness (QED) is 0.785. The number of sulfonamides is 1. The predicted octanol–water partition coefficient (Wildman–Crippen LogP) is 1.98. The number of benzene rings is 2. The van der Waals surface area contributed by atoms with Gasteiger partial charge in [0.2, 0.25) is 15.9 Å². The SMILES string of the molecule is CC(C)c1ccc(C(=O)N2CCN(C(=O)Cc3ccc(S(N)(=O)=O)cc3)CC2)cc1. The fourth-order valence-electron chi connectivity index (χ4n) is 3.44. The molecular weight excluding hydrogens is 402 g/mol. The molecule has 0 saturated carbocycles. The highest BCUT2D eigenvalue weighted by molar-refractivity contribution is 7.89. The van der Waals surface area contributed by atoms with Gasteiger partial charge in [0.05, 0.1) is 11.3 Å². The minimum absolute atomic E-state index is 0.0176. The summed E-state index contributed by atoms with van der Waals surface area (Å²) in [5, 5.41) is 5.09. The van der Waals surface area contributed by atoms with Crippen molar-refractivity contribution in [3.8, 4) is 0 Å². The molecule has 8 heteroatoms. The second kappa shape index (κ2) is 8.97. The van der Waals surface area contributed by atoms with E-state index in [1.807, 2.05) is 24.3 Å². The molecule has 2 aromatic rings. The van der Waals surface area contributed by atoms with E-state index in [2.05, 4.69) is 13.8 Å². The molecule has 0 aliphatic carbocycles. The highest BCUT2D eigenvalue weighted by Crippen LogP contribution is 2.17. The first-order chi connectivity index (χ1) is 14.1. The van der Waals surface area contributed by atoms with Crippen LogP contribution in [0.3, 0.4) is 0 Å². The maximum atomic E-state index is 12.7. The Morgan fingerprint density at radius 3 is 1.93 bits per heavy atom. The second-order valence-electron chi connectivity index (χ2n) is 7.82. The van der Waals surface area contributed by atoms with Gasteiger partial charge >= 0.3 is 0 Å². The topological polar surface area (TPSA) is 101 Å². The highest BCUT2D eigenvalue weighted by Gasteiger charge is 2.25. The molecule has 1 fully saturated rings. The molecule has 0 aromatic heterocycles. The largest absolute Gasteiger partial charge is 0.339 e. The molecule has 2 N–H and O–H groups in total. The van der Waals surface area contributed by atoms with Gasteiger partial charge in [0.25, 0.3) is 5.91 Å². The zero-order valence-corrected chi connectivity index (χ0v) is 18.1. The Balaban J connectivity index is 1.54. The molecule has 0 bridgehead atoms.